The van der Waals surface area contributed by atoms with Gasteiger partial charge in [0.2, 0.25) is 0 Å². The van der Waals surface area contributed by atoms with Crippen LogP contribution in [-0.4, -0.2) is 25.3 Å². The van der Waals surface area contributed by atoms with Gasteiger partial charge in [0, 0.05) is 18.8 Å². The maximum atomic E-state index is 12.3. The molecule has 2 aromatic rings. The van der Waals surface area contributed by atoms with Crippen molar-refractivity contribution < 1.29 is 13.2 Å². The fourth-order valence-electron chi connectivity index (χ4n) is 1.88. The number of aromatic nitrogens is 2. The van der Waals surface area contributed by atoms with E-state index in [-0.39, 0.29) is 4.90 Å². The Balaban J connectivity index is 2.42. The summed E-state index contributed by atoms with van der Waals surface area (Å²) in [6.07, 6.45) is 2.76. The molecule has 1 N–H and O–H groups in total. The molecule has 0 aliphatic carbocycles. The van der Waals surface area contributed by atoms with Crippen molar-refractivity contribution >= 4 is 15.7 Å². The molecule has 0 aliphatic heterocycles. The molecule has 0 unspecified atom stereocenters. The van der Waals surface area contributed by atoms with Crippen LogP contribution in [0.15, 0.2) is 29.4 Å². The van der Waals surface area contributed by atoms with E-state index in [2.05, 4.69) is 9.82 Å². The van der Waals surface area contributed by atoms with Crippen molar-refractivity contribution in [2.75, 3.05) is 11.8 Å². The van der Waals surface area contributed by atoms with Gasteiger partial charge in [-0.25, -0.2) is 8.42 Å². The second-order valence-electron chi connectivity index (χ2n) is 4.59. The van der Waals surface area contributed by atoms with Gasteiger partial charge in [-0.1, -0.05) is 0 Å². The summed E-state index contributed by atoms with van der Waals surface area (Å²) in [4.78, 5) is 0.125. The van der Waals surface area contributed by atoms with E-state index in [4.69, 9.17) is 4.74 Å². The fourth-order valence-corrected chi connectivity index (χ4v) is 2.98. The van der Waals surface area contributed by atoms with Crippen molar-refractivity contribution in [3.63, 3.8) is 0 Å². The normalized spacial score (nSPS) is 11.4. The smallest absolute Gasteiger partial charge is 0.265 e. The summed E-state index contributed by atoms with van der Waals surface area (Å²) < 4.78 is 33.8. The standard InChI is InChI=1S/C13H17N3O3S/c1-9-5-12(10(2)13(6-9)19-4)15-20(17,18)11-7-14-16(3)8-11/h5-8,15H,1-4H3. The van der Waals surface area contributed by atoms with Crippen LogP contribution >= 0.6 is 0 Å². The molecule has 2 rings (SSSR count). The number of ether oxygens (including phenoxy) is 1. The first-order chi connectivity index (χ1) is 9.33. The zero-order valence-corrected chi connectivity index (χ0v) is 12.7. The first-order valence-electron chi connectivity index (χ1n) is 6.00. The van der Waals surface area contributed by atoms with Gasteiger partial charge in [-0.2, -0.15) is 5.10 Å². The molecule has 1 aromatic carbocycles. The highest BCUT2D eigenvalue weighted by molar-refractivity contribution is 7.92. The molecule has 6 nitrogen and oxygen atoms in total. The van der Waals surface area contributed by atoms with Crippen LogP contribution in [0.3, 0.4) is 0 Å². The predicted molar refractivity (Wildman–Crippen MR) is 76.5 cm³/mol. The summed E-state index contributed by atoms with van der Waals surface area (Å²) in [6, 6.07) is 3.63. The maximum absolute atomic E-state index is 12.3. The number of nitrogens with zero attached hydrogens (tertiary/aromatic N) is 2. The van der Waals surface area contributed by atoms with Gasteiger partial charge in [0.1, 0.15) is 10.6 Å². The molecular weight excluding hydrogens is 278 g/mol. The Morgan fingerprint density at radius 2 is 2.00 bits per heavy atom. The van der Waals surface area contributed by atoms with E-state index in [0.29, 0.717) is 11.4 Å². The molecular formula is C13H17N3O3S. The minimum absolute atomic E-state index is 0.125. The SMILES string of the molecule is COc1cc(C)cc(NS(=O)(=O)c2cnn(C)c2)c1C. The molecule has 0 saturated carbocycles. The fraction of sp³-hybridized carbons (Fsp3) is 0.308. The second kappa shape index (κ2) is 5.16. The summed E-state index contributed by atoms with van der Waals surface area (Å²) in [5.74, 6) is 0.647. The molecule has 0 radical (unpaired) electrons. The Hall–Kier alpha value is -2.02. The van der Waals surface area contributed by atoms with Crippen LogP contribution in [0, 0.1) is 13.8 Å². The van der Waals surface area contributed by atoms with Gasteiger partial charge in [0.15, 0.2) is 0 Å². The number of hydrogen-bond donors (Lipinski definition) is 1. The van der Waals surface area contributed by atoms with Gasteiger partial charge >= 0.3 is 0 Å². The molecule has 0 fully saturated rings. The number of benzene rings is 1. The lowest BCUT2D eigenvalue weighted by Gasteiger charge is -2.13. The quantitative estimate of drug-likeness (QED) is 0.934. The van der Waals surface area contributed by atoms with Crippen LogP contribution in [0.1, 0.15) is 11.1 Å². The van der Waals surface area contributed by atoms with Gasteiger partial charge in [0.05, 0.1) is 19.0 Å². The van der Waals surface area contributed by atoms with E-state index in [0.717, 1.165) is 11.1 Å². The zero-order valence-electron chi connectivity index (χ0n) is 11.8. The molecule has 0 amide bonds. The molecule has 0 spiro atoms. The van der Waals surface area contributed by atoms with Crippen molar-refractivity contribution in [2.24, 2.45) is 7.05 Å². The van der Waals surface area contributed by atoms with E-state index >= 15 is 0 Å². The minimum atomic E-state index is -3.65. The van der Waals surface area contributed by atoms with Crippen LogP contribution in [0.5, 0.6) is 5.75 Å². The molecule has 0 bridgehead atoms. The lowest BCUT2D eigenvalue weighted by Crippen LogP contribution is -2.13. The zero-order chi connectivity index (χ0) is 14.9. The minimum Gasteiger partial charge on any atom is -0.496 e. The Morgan fingerprint density at radius 3 is 2.55 bits per heavy atom. The van der Waals surface area contributed by atoms with Crippen LogP contribution in [0.25, 0.3) is 0 Å². The second-order valence-corrected chi connectivity index (χ2v) is 6.28. The number of nitrogens with one attached hydrogen (secondary N) is 1. The summed E-state index contributed by atoms with van der Waals surface area (Å²) in [5, 5.41) is 3.87. The average Bonchev–Trinajstić information content (AvgIpc) is 2.80. The Labute approximate surface area is 118 Å². The number of aryl methyl sites for hydroxylation is 2. The first-order valence-corrected chi connectivity index (χ1v) is 7.48. The third-order valence-corrected chi connectivity index (χ3v) is 4.28. The van der Waals surface area contributed by atoms with Crippen LogP contribution in [0.2, 0.25) is 0 Å². The van der Waals surface area contributed by atoms with Crippen molar-refractivity contribution in [1.82, 2.24) is 9.78 Å². The molecule has 7 heteroatoms. The molecule has 1 aromatic heterocycles. The Morgan fingerprint density at radius 1 is 1.30 bits per heavy atom. The number of hydrogen-bond acceptors (Lipinski definition) is 4. The third-order valence-electron chi connectivity index (χ3n) is 2.96. The lowest BCUT2D eigenvalue weighted by molar-refractivity contribution is 0.411. The molecule has 0 saturated heterocycles. The highest BCUT2D eigenvalue weighted by Crippen LogP contribution is 2.29. The molecule has 0 atom stereocenters. The number of anilines is 1. The summed E-state index contributed by atoms with van der Waals surface area (Å²) in [6.45, 7) is 3.68. The number of methoxy groups -OCH3 is 1. The molecule has 1 heterocycles. The summed E-state index contributed by atoms with van der Waals surface area (Å²) in [5.41, 5.74) is 2.16. The Bertz CT molecular complexity index is 735. The van der Waals surface area contributed by atoms with Gasteiger partial charge < -0.3 is 4.74 Å². The van der Waals surface area contributed by atoms with Crippen LogP contribution < -0.4 is 9.46 Å². The van der Waals surface area contributed by atoms with Gasteiger partial charge in [-0.15, -0.1) is 0 Å². The first kappa shape index (κ1) is 14.4. The van der Waals surface area contributed by atoms with Crippen molar-refractivity contribution in [2.45, 2.75) is 18.7 Å². The van der Waals surface area contributed by atoms with Gasteiger partial charge in [-0.3, -0.25) is 9.40 Å². The monoisotopic (exact) mass is 295 g/mol. The van der Waals surface area contributed by atoms with E-state index in [9.17, 15) is 8.42 Å². The summed E-state index contributed by atoms with van der Waals surface area (Å²) >= 11 is 0. The Kier molecular flexibility index (Phi) is 3.71. The third kappa shape index (κ3) is 2.77. The highest BCUT2D eigenvalue weighted by atomic mass is 32.2. The van der Waals surface area contributed by atoms with Gasteiger partial charge in [-0.05, 0) is 31.5 Å². The predicted octanol–water partition coefficient (Wildman–Crippen LogP) is 1.85. The number of sulfonamides is 1. The van der Waals surface area contributed by atoms with E-state index in [1.54, 1.807) is 27.1 Å². The maximum Gasteiger partial charge on any atom is 0.265 e. The van der Waals surface area contributed by atoms with E-state index in [1.807, 2.05) is 13.0 Å². The lowest BCUT2D eigenvalue weighted by atomic mass is 10.1. The van der Waals surface area contributed by atoms with Gasteiger partial charge in [0.25, 0.3) is 10.0 Å². The van der Waals surface area contributed by atoms with E-state index in [1.165, 1.54) is 17.1 Å². The van der Waals surface area contributed by atoms with Crippen LogP contribution in [0.4, 0.5) is 5.69 Å². The van der Waals surface area contributed by atoms with Crippen molar-refractivity contribution in [1.29, 1.82) is 0 Å². The molecule has 108 valence electrons. The average molecular weight is 295 g/mol. The van der Waals surface area contributed by atoms with E-state index < -0.39 is 10.0 Å². The number of rotatable bonds is 4. The van der Waals surface area contributed by atoms with Crippen molar-refractivity contribution in [3.8, 4) is 5.75 Å². The molecule has 20 heavy (non-hydrogen) atoms. The van der Waals surface area contributed by atoms with Crippen molar-refractivity contribution in [3.05, 3.63) is 35.7 Å². The largest absolute Gasteiger partial charge is 0.496 e. The van der Waals surface area contributed by atoms with Crippen LogP contribution in [-0.2, 0) is 17.1 Å². The molecule has 0 aliphatic rings. The topological polar surface area (TPSA) is 73.2 Å². The highest BCUT2D eigenvalue weighted by Gasteiger charge is 2.18. The summed E-state index contributed by atoms with van der Waals surface area (Å²) in [7, 11) is -0.422.